The Morgan fingerprint density at radius 2 is 1.72 bits per heavy atom. The lowest BCUT2D eigenvalue weighted by Crippen LogP contribution is -2.48. The Balaban J connectivity index is 1.46. The van der Waals surface area contributed by atoms with Crippen molar-refractivity contribution in [3.63, 3.8) is 0 Å². The summed E-state index contributed by atoms with van der Waals surface area (Å²) in [6.45, 7) is 5.42. The van der Waals surface area contributed by atoms with Gasteiger partial charge in [-0.25, -0.2) is 0 Å². The highest BCUT2D eigenvalue weighted by Gasteiger charge is 2.25. The molecule has 0 bridgehead atoms. The van der Waals surface area contributed by atoms with Gasteiger partial charge in [0.2, 0.25) is 5.91 Å². The predicted molar refractivity (Wildman–Crippen MR) is 144 cm³/mol. The molecule has 0 radical (unpaired) electrons. The number of hydrogen-bond acceptors (Lipinski definition) is 7. The molecule has 4 rings (SSSR count). The van der Waals surface area contributed by atoms with E-state index >= 15 is 0 Å². The van der Waals surface area contributed by atoms with Gasteiger partial charge in [0.15, 0.2) is 5.11 Å². The highest BCUT2D eigenvalue weighted by Crippen LogP contribution is 2.35. The zero-order valence-corrected chi connectivity index (χ0v) is 21.4. The van der Waals surface area contributed by atoms with E-state index in [0.717, 1.165) is 31.6 Å². The third-order valence-electron chi connectivity index (χ3n) is 6.38. The van der Waals surface area contributed by atoms with Crippen LogP contribution in [0.1, 0.15) is 30.1 Å². The summed E-state index contributed by atoms with van der Waals surface area (Å²) in [7, 11) is 0. The van der Waals surface area contributed by atoms with E-state index in [2.05, 4.69) is 15.5 Å². The first-order valence-electron chi connectivity index (χ1n) is 11.7. The molecule has 2 aromatic carbocycles. The average Bonchev–Trinajstić information content (AvgIpc) is 3.38. The van der Waals surface area contributed by atoms with Crippen molar-refractivity contribution in [3.8, 4) is 0 Å². The zero-order valence-electron chi connectivity index (χ0n) is 19.8. The van der Waals surface area contributed by atoms with Gasteiger partial charge in [-0.1, -0.05) is 17.7 Å². The molecule has 10 nitrogen and oxygen atoms in total. The highest BCUT2D eigenvalue weighted by atomic mass is 35.5. The van der Waals surface area contributed by atoms with Crippen LogP contribution in [-0.2, 0) is 4.79 Å². The van der Waals surface area contributed by atoms with E-state index in [-0.39, 0.29) is 22.3 Å². The van der Waals surface area contributed by atoms with Crippen molar-refractivity contribution in [1.82, 2.24) is 10.2 Å². The van der Waals surface area contributed by atoms with E-state index in [1.165, 1.54) is 6.07 Å². The maximum Gasteiger partial charge on any atom is 0.293 e. The van der Waals surface area contributed by atoms with Crippen molar-refractivity contribution in [2.75, 3.05) is 54.4 Å². The molecule has 36 heavy (non-hydrogen) atoms. The van der Waals surface area contributed by atoms with Crippen LogP contribution in [0.15, 0.2) is 36.4 Å². The van der Waals surface area contributed by atoms with Crippen molar-refractivity contribution in [2.45, 2.75) is 19.8 Å². The molecular weight excluding hydrogens is 504 g/mol. The van der Waals surface area contributed by atoms with Crippen LogP contribution >= 0.6 is 23.8 Å². The maximum atomic E-state index is 12.9. The molecule has 0 aromatic heterocycles. The summed E-state index contributed by atoms with van der Waals surface area (Å²) < 4.78 is 0. The third-order valence-corrected chi connectivity index (χ3v) is 6.89. The van der Waals surface area contributed by atoms with E-state index in [1.807, 2.05) is 4.90 Å². The molecule has 2 saturated heterocycles. The number of nitrogens with one attached hydrogen (secondary N) is 2. The molecule has 2 aliphatic heterocycles. The molecular formula is C24H27ClN6O4S. The molecule has 12 heteroatoms. The number of carbonyl (C=O) groups is 2. The van der Waals surface area contributed by atoms with E-state index in [4.69, 9.17) is 23.8 Å². The maximum absolute atomic E-state index is 12.9. The van der Waals surface area contributed by atoms with Crippen LogP contribution in [0.25, 0.3) is 0 Å². The summed E-state index contributed by atoms with van der Waals surface area (Å²) in [6.07, 6.45) is 1.97. The minimum atomic E-state index is -0.553. The second kappa shape index (κ2) is 11.1. The first-order chi connectivity index (χ1) is 17.2. The summed E-state index contributed by atoms with van der Waals surface area (Å²) in [4.78, 5) is 41.5. The van der Waals surface area contributed by atoms with Crippen LogP contribution < -0.4 is 20.4 Å². The van der Waals surface area contributed by atoms with Crippen LogP contribution in [0.3, 0.4) is 0 Å². The summed E-state index contributed by atoms with van der Waals surface area (Å²) in [5.74, 6) is -0.521. The molecule has 2 heterocycles. The van der Waals surface area contributed by atoms with Gasteiger partial charge in [-0.3, -0.25) is 25.0 Å². The molecule has 0 unspecified atom stereocenters. The highest BCUT2D eigenvalue weighted by molar-refractivity contribution is 7.80. The van der Waals surface area contributed by atoms with Gasteiger partial charge >= 0.3 is 0 Å². The number of amides is 2. The minimum absolute atomic E-state index is 0.0322. The molecule has 0 atom stereocenters. The Kier molecular flexibility index (Phi) is 7.90. The van der Waals surface area contributed by atoms with Gasteiger partial charge in [0.05, 0.1) is 21.3 Å². The topological polar surface area (TPSA) is 111 Å². The van der Waals surface area contributed by atoms with Gasteiger partial charge in [-0.15, -0.1) is 0 Å². The molecule has 2 N–H and O–H groups in total. The number of halogens is 1. The normalized spacial score (nSPS) is 15.6. The first kappa shape index (κ1) is 25.6. The van der Waals surface area contributed by atoms with Crippen LogP contribution in [0.2, 0.25) is 5.02 Å². The zero-order chi connectivity index (χ0) is 25.8. The van der Waals surface area contributed by atoms with E-state index in [0.29, 0.717) is 42.6 Å². The number of nitro benzene ring substituents is 1. The second-order valence-electron chi connectivity index (χ2n) is 8.69. The Morgan fingerprint density at radius 1 is 1.03 bits per heavy atom. The number of benzene rings is 2. The number of nitro groups is 1. The quantitative estimate of drug-likeness (QED) is 0.342. The van der Waals surface area contributed by atoms with Crippen molar-refractivity contribution in [3.05, 3.63) is 57.1 Å². The smallest absolute Gasteiger partial charge is 0.293 e. The number of carbonyl (C=O) groups excluding carboxylic acids is 2. The Bertz CT molecular complexity index is 1200. The molecule has 190 valence electrons. The lowest BCUT2D eigenvalue weighted by Gasteiger charge is -2.37. The van der Waals surface area contributed by atoms with Gasteiger partial charge in [0, 0.05) is 57.8 Å². The van der Waals surface area contributed by atoms with E-state index < -0.39 is 10.8 Å². The van der Waals surface area contributed by atoms with Crippen molar-refractivity contribution >= 4 is 63.5 Å². The number of thiocarbonyl (C=S) groups is 1. The Hall–Kier alpha value is -3.44. The summed E-state index contributed by atoms with van der Waals surface area (Å²) >= 11 is 11.9. The lowest BCUT2D eigenvalue weighted by molar-refractivity contribution is -0.384. The molecule has 0 aliphatic carbocycles. The SMILES string of the molecule is CC(=O)N1CCN(c2c(Cl)cccc2NC(=S)NC(=O)c2ccc(N3CCCC3)c([N+](=O)[O-])c2)CC1. The molecule has 2 fully saturated rings. The summed E-state index contributed by atoms with van der Waals surface area (Å²) in [5.41, 5.74) is 1.89. The number of piperazine rings is 1. The summed E-state index contributed by atoms with van der Waals surface area (Å²) in [6, 6.07) is 9.80. The van der Waals surface area contributed by atoms with Gasteiger partial charge in [0.25, 0.3) is 11.6 Å². The van der Waals surface area contributed by atoms with Crippen LogP contribution in [-0.4, -0.2) is 66.0 Å². The number of para-hydroxylation sites is 1. The minimum Gasteiger partial charge on any atom is -0.366 e. The number of hydrogen-bond donors (Lipinski definition) is 2. The van der Waals surface area contributed by atoms with Gasteiger partial charge in [0.1, 0.15) is 5.69 Å². The number of nitrogens with zero attached hydrogens (tertiary/aromatic N) is 4. The van der Waals surface area contributed by atoms with Crippen LogP contribution in [0.5, 0.6) is 0 Å². The molecule has 2 aromatic rings. The molecule has 2 amide bonds. The van der Waals surface area contributed by atoms with Gasteiger partial charge < -0.3 is 20.0 Å². The van der Waals surface area contributed by atoms with Crippen molar-refractivity contribution < 1.29 is 14.5 Å². The van der Waals surface area contributed by atoms with Crippen LogP contribution in [0.4, 0.5) is 22.7 Å². The predicted octanol–water partition coefficient (Wildman–Crippen LogP) is 3.64. The number of anilines is 3. The van der Waals surface area contributed by atoms with Gasteiger partial charge in [-0.2, -0.15) is 0 Å². The largest absolute Gasteiger partial charge is 0.366 e. The number of rotatable bonds is 5. The monoisotopic (exact) mass is 530 g/mol. The Morgan fingerprint density at radius 3 is 2.36 bits per heavy atom. The van der Waals surface area contributed by atoms with E-state index in [9.17, 15) is 19.7 Å². The second-order valence-corrected chi connectivity index (χ2v) is 9.51. The van der Waals surface area contributed by atoms with Gasteiger partial charge in [-0.05, 0) is 49.3 Å². The summed E-state index contributed by atoms with van der Waals surface area (Å²) in [5, 5.41) is 17.8. The first-order valence-corrected chi connectivity index (χ1v) is 12.5. The third kappa shape index (κ3) is 5.68. The van der Waals surface area contributed by atoms with E-state index in [1.54, 1.807) is 42.2 Å². The fourth-order valence-electron chi connectivity index (χ4n) is 4.55. The lowest BCUT2D eigenvalue weighted by atomic mass is 10.1. The Labute approximate surface area is 219 Å². The van der Waals surface area contributed by atoms with Crippen LogP contribution in [0, 0.1) is 10.1 Å². The standard InChI is InChI=1S/C24H27ClN6O4S/c1-16(32)28-11-13-30(14-12-28)22-18(25)5-4-6-19(22)26-24(36)27-23(33)17-7-8-20(21(15-17)31(34)35)29-9-2-3-10-29/h4-8,15H,2-3,9-14H2,1H3,(H2,26,27,33,36). The van der Waals surface area contributed by atoms with Crippen molar-refractivity contribution in [1.29, 1.82) is 0 Å². The molecule has 2 aliphatic rings. The van der Waals surface area contributed by atoms with Crippen molar-refractivity contribution in [2.24, 2.45) is 0 Å². The molecule has 0 spiro atoms. The average molecular weight is 531 g/mol. The fraction of sp³-hybridized carbons (Fsp3) is 0.375. The fourth-order valence-corrected chi connectivity index (χ4v) is 5.04. The molecule has 0 saturated carbocycles.